The number of hydrogen-bond donors (Lipinski definition) is 1. The highest BCUT2D eigenvalue weighted by Gasteiger charge is 2.27. The van der Waals surface area contributed by atoms with Gasteiger partial charge in [-0.1, -0.05) is 36.3 Å². The minimum atomic E-state index is -0.237. The molecule has 0 spiro atoms. The van der Waals surface area contributed by atoms with Gasteiger partial charge < -0.3 is 24.3 Å². The molecule has 3 aromatic carbocycles. The summed E-state index contributed by atoms with van der Waals surface area (Å²) in [5.41, 5.74) is 14.0. The average Bonchev–Trinajstić information content (AvgIpc) is 3.72. The minimum absolute atomic E-state index is 0.237. The van der Waals surface area contributed by atoms with E-state index in [0.29, 0.717) is 24.8 Å². The first-order chi connectivity index (χ1) is 23.8. The highest BCUT2D eigenvalue weighted by molar-refractivity contribution is 5.88. The number of aromatic nitrogens is 4. The van der Waals surface area contributed by atoms with Gasteiger partial charge in [0.05, 0.1) is 26.3 Å². The number of rotatable bonds is 10. The standard InChI is InChI=1S/C24H26N4O2.C15H17FN2O/c1-15-16(2)26-24(25)22-23(15)28(14-18-7-11-20(30-4)12-8-18)21(27-22)13-17-5-9-19(29-3)10-6-17;1-2-13-7-8-18(13)10-14-9-15(17-19-14)11-3-5-12(16)6-4-11/h5-12H,13-14H2,1-4H3,(H2,25,26);3-6,9,13H,2,7-8,10H2,1H3. The molecule has 0 aliphatic carbocycles. The number of nitrogens with zero attached hydrogens (tertiary/aromatic N) is 5. The quantitative estimate of drug-likeness (QED) is 0.159. The Kier molecular flexibility index (Phi) is 10.2. The van der Waals surface area contributed by atoms with Gasteiger partial charge in [0.15, 0.2) is 11.6 Å². The van der Waals surface area contributed by atoms with Gasteiger partial charge in [-0.05, 0) is 91.9 Å². The van der Waals surface area contributed by atoms with Gasteiger partial charge in [-0.15, -0.1) is 0 Å². The number of nitrogen functional groups attached to an aromatic ring is 1. The zero-order valence-electron chi connectivity index (χ0n) is 28.7. The van der Waals surface area contributed by atoms with Gasteiger partial charge in [-0.2, -0.15) is 0 Å². The number of anilines is 1. The normalized spacial score (nSPS) is 14.3. The molecule has 1 aliphatic heterocycles. The highest BCUT2D eigenvalue weighted by Crippen LogP contribution is 2.29. The number of benzene rings is 3. The first-order valence-electron chi connectivity index (χ1n) is 16.6. The van der Waals surface area contributed by atoms with E-state index >= 15 is 0 Å². The van der Waals surface area contributed by atoms with Crippen LogP contribution in [0.1, 0.15) is 53.7 Å². The van der Waals surface area contributed by atoms with Crippen molar-refractivity contribution in [2.45, 2.75) is 59.2 Å². The van der Waals surface area contributed by atoms with Gasteiger partial charge in [0.25, 0.3) is 0 Å². The van der Waals surface area contributed by atoms with Crippen molar-refractivity contribution in [3.8, 4) is 22.8 Å². The minimum Gasteiger partial charge on any atom is -0.497 e. The van der Waals surface area contributed by atoms with Gasteiger partial charge in [-0.25, -0.2) is 14.4 Å². The number of nitrogens with two attached hydrogens (primary N) is 1. The molecule has 0 radical (unpaired) electrons. The third-order valence-electron chi connectivity index (χ3n) is 9.29. The number of pyridine rings is 1. The fourth-order valence-electron chi connectivity index (χ4n) is 6.20. The Morgan fingerprint density at radius 3 is 2.12 bits per heavy atom. The third-order valence-corrected chi connectivity index (χ3v) is 9.29. The van der Waals surface area contributed by atoms with Crippen LogP contribution in [0.25, 0.3) is 22.3 Å². The van der Waals surface area contributed by atoms with Crippen molar-refractivity contribution in [3.63, 3.8) is 0 Å². The summed E-state index contributed by atoms with van der Waals surface area (Å²) in [6.07, 6.45) is 3.14. The molecule has 0 bridgehead atoms. The van der Waals surface area contributed by atoms with Crippen LogP contribution in [-0.4, -0.2) is 51.4 Å². The summed E-state index contributed by atoms with van der Waals surface area (Å²) in [6, 6.07) is 25.1. The average molecular weight is 663 g/mol. The van der Waals surface area contributed by atoms with Gasteiger partial charge in [0, 0.05) is 42.9 Å². The van der Waals surface area contributed by atoms with Crippen molar-refractivity contribution < 1.29 is 18.4 Å². The van der Waals surface area contributed by atoms with Crippen molar-refractivity contribution in [1.82, 2.24) is 24.6 Å². The molecule has 4 heterocycles. The Balaban J connectivity index is 0.000000188. The molecule has 1 unspecified atom stereocenters. The molecular formula is C39H43FN6O3. The highest BCUT2D eigenvalue weighted by atomic mass is 19.1. The zero-order valence-corrected chi connectivity index (χ0v) is 28.7. The Bertz CT molecular complexity index is 2000. The van der Waals surface area contributed by atoms with Crippen molar-refractivity contribution in [1.29, 1.82) is 0 Å². The lowest BCUT2D eigenvalue weighted by molar-refractivity contribution is 0.0688. The molecule has 254 valence electrons. The first-order valence-corrected chi connectivity index (χ1v) is 16.6. The van der Waals surface area contributed by atoms with Crippen LogP contribution in [-0.2, 0) is 19.5 Å². The van der Waals surface area contributed by atoms with Crippen LogP contribution in [0.2, 0.25) is 0 Å². The molecule has 1 aliphatic rings. The summed E-state index contributed by atoms with van der Waals surface area (Å²) in [6.45, 7) is 8.90. The third kappa shape index (κ3) is 7.60. The Morgan fingerprint density at radius 2 is 1.53 bits per heavy atom. The summed E-state index contributed by atoms with van der Waals surface area (Å²) in [4.78, 5) is 11.8. The lowest BCUT2D eigenvalue weighted by Gasteiger charge is -2.39. The van der Waals surface area contributed by atoms with E-state index < -0.39 is 0 Å². The summed E-state index contributed by atoms with van der Waals surface area (Å²) < 4.78 is 31.0. The summed E-state index contributed by atoms with van der Waals surface area (Å²) in [5, 5.41) is 4.05. The van der Waals surface area contributed by atoms with Gasteiger partial charge in [-0.3, -0.25) is 4.90 Å². The predicted octanol–water partition coefficient (Wildman–Crippen LogP) is 7.75. The molecule has 9 nitrogen and oxygen atoms in total. The second-order valence-electron chi connectivity index (χ2n) is 12.4. The van der Waals surface area contributed by atoms with Gasteiger partial charge in [0.2, 0.25) is 0 Å². The summed E-state index contributed by atoms with van der Waals surface area (Å²) >= 11 is 0. The lowest BCUT2D eigenvalue weighted by Crippen LogP contribution is -2.46. The second-order valence-corrected chi connectivity index (χ2v) is 12.4. The summed E-state index contributed by atoms with van der Waals surface area (Å²) in [5.74, 6) is 3.74. The molecule has 49 heavy (non-hydrogen) atoms. The first kappa shape index (κ1) is 33.7. The number of ether oxygens (including phenoxy) is 2. The monoisotopic (exact) mass is 662 g/mol. The number of hydrogen-bond acceptors (Lipinski definition) is 8. The molecule has 1 saturated heterocycles. The molecule has 2 N–H and O–H groups in total. The van der Waals surface area contributed by atoms with E-state index in [4.69, 9.17) is 24.7 Å². The van der Waals surface area contributed by atoms with Crippen LogP contribution < -0.4 is 15.2 Å². The van der Waals surface area contributed by atoms with Crippen molar-refractivity contribution in [3.05, 3.63) is 119 Å². The molecule has 10 heteroatoms. The van der Waals surface area contributed by atoms with Crippen molar-refractivity contribution in [2.75, 3.05) is 26.5 Å². The lowest BCUT2D eigenvalue weighted by atomic mass is 10.0. The number of methoxy groups -OCH3 is 2. The van der Waals surface area contributed by atoms with Crippen LogP contribution in [0.3, 0.4) is 0 Å². The van der Waals surface area contributed by atoms with Crippen molar-refractivity contribution in [2.24, 2.45) is 0 Å². The maximum Gasteiger partial charge on any atom is 0.151 e. The van der Waals surface area contributed by atoms with E-state index in [0.717, 1.165) is 75.3 Å². The Morgan fingerprint density at radius 1 is 0.878 bits per heavy atom. The van der Waals surface area contributed by atoms with Gasteiger partial charge in [0.1, 0.15) is 34.4 Å². The van der Waals surface area contributed by atoms with Crippen molar-refractivity contribution >= 4 is 16.9 Å². The van der Waals surface area contributed by atoms with E-state index in [2.05, 4.69) is 57.7 Å². The van der Waals surface area contributed by atoms with Crippen LogP contribution >= 0.6 is 0 Å². The van der Waals surface area contributed by atoms with E-state index in [9.17, 15) is 4.39 Å². The molecule has 7 rings (SSSR count). The SMILES string of the molecule is CCC1CCN1Cc1cc(-c2ccc(F)cc2)no1.COc1ccc(Cc2nc3c(N)nc(C)c(C)c3n2Cc2ccc(OC)cc2)cc1. The molecular weight excluding hydrogens is 619 g/mol. The van der Waals surface area contributed by atoms with Crippen LogP contribution in [0.4, 0.5) is 10.2 Å². The van der Waals surface area contributed by atoms with E-state index in [-0.39, 0.29) is 5.82 Å². The van der Waals surface area contributed by atoms with Crippen LogP contribution in [0, 0.1) is 19.7 Å². The number of aryl methyl sites for hydroxylation is 2. The Labute approximate surface area is 286 Å². The molecule has 6 aromatic rings. The van der Waals surface area contributed by atoms with Crippen LogP contribution in [0.5, 0.6) is 11.5 Å². The predicted molar refractivity (Wildman–Crippen MR) is 190 cm³/mol. The fraction of sp³-hybridized carbons (Fsp3) is 0.308. The molecule has 0 amide bonds. The molecule has 3 aromatic heterocycles. The number of halogens is 1. The van der Waals surface area contributed by atoms with Crippen LogP contribution in [0.15, 0.2) is 83.4 Å². The topological polar surface area (TPSA) is 104 Å². The molecule has 1 fully saturated rings. The number of imidazole rings is 1. The number of fused-ring (bicyclic) bond motifs is 1. The summed E-state index contributed by atoms with van der Waals surface area (Å²) in [7, 11) is 3.34. The Hall–Kier alpha value is -5.22. The number of likely N-dealkylation sites (tertiary alicyclic amines) is 1. The van der Waals surface area contributed by atoms with E-state index in [1.165, 1.54) is 30.5 Å². The smallest absolute Gasteiger partial charge is 0.151 e. The van der Waals surface area contributed by atoms with E-state index in [1.54, 1.807) is 26.4 Å². The maximum absolute atomic E-state index is 12.9. The zero-order chi connectivity index (χ0) is 34.5. The largest absolute Gasteiger partial charge is 0.497 e. The van der Waals surface area contributed by atoms with E-state index in [1.807, 2.05) is 37.3 Å². The molecule has 0 saturated carbocycles. The molecule has 1 atom stereocenters. The second kappa shape index (κ2) is 14.9. The fourth-order valence-corrected chi connectivity index (χ4v) is 6.20. The maximum atomic E-state index is 12.9. The van der Waals surface area contributed by atoms with Gasteiger partial charge >= 0.3 is 0 Å².